The Morgan fingerprint density at radius 1 is 1.30 bits per heavy atom. The lowest BCUT2D eigenvalue weighted by Crippen LogP contribution is -2.24. The van der Waals surface area contributed by atoms with Gasteiger partial charge in [-0.05, 0) is 37.6 Å². The highest BCUT2D eigenvalue weighted by atomic mass is 79.9. The van der Waals surface area contributed by atoms with E-state index in [1.807, 2.05) is 0 Å². The minimum absolute atomic E-state index is 0.114. The number of carboxylic acids is 1. The van der Waals surface area contributed by atoms with Crippen molar-refractivity contribution in [1.82, 2.24) is 4.57 Å². The fourth-order valence-electron chi connectivity index (χ4n) is 2.17. The van der Waals surface area contributed by atoms with E-state index in [1.54, 1.807) is 32.0 Å². The first-order valence-electron chi connectivity index (χ1n) is 5.75. The molecule has 0 unspecified atom stereocenters. The van der Waals surface area contributed by atoms with Gasteiger partial charge >= 0.3 is 5.97 Å². The molecule has 0 spiro atoms. The third-order valence-electron chi connectivity index (χ3n) is 3.02. The van der Waals surface area contributed by atoms with Gasteiger partial charge in [0.15, 0.2) is 0 Å². The molecular weight excluding hydrogens is 346 g/mol. The van der Waals surface area contributed by atoms with Gasteiger partial charge in [0.05, 0.1) is 16.3 Å². The van der Waals surface area contributed by atoms with E-state index in [4.69, 9.17) is 11.6 Å². The molecule has 1 heterocycles. The van der Waals surface area contributed by atoms with E-state index in [9.17, 15) is 14.7 Å². The number of benzene rings is 1. The van der Waals surface area contributed by atoms with Gasteiger partial charge in [-0.25, -0.2) is 4.79 Å². The molecule has 2 aromatic rings. The van der Waals surface area contributed by atoms with Crippen LogP contribution in [0.2, 0.25) is 5.02 Å². The summed E-state index contributed by atoms with van der Waals surface area (Å²) in [5, 5.41) is 9.63. The number of carboxylic acid groups (broad SMARTS) is 1. The van der Waals surface area contributed by atoms with Crippen molar-refractivity contribution < 1.29 is 9.90 Å². The number of hydrogen-bond donors (Lipinski definition) is 1. The van der Waals surface area contributed by atoms with Gasteiger partial charge in [0.2, 0.25) is 0 Å². The monoisotopic (exact) mass is 355 g/mol. The number of hydrogen-bond acceptors (Lipinski definition) is 2. The minimum atomic E-state index is -1.07. The summed E-state index contributed by atoms with van der Waals surface area (Å²) in [5.41, 5.74) is 1.05. The predicted molar refractivity (Wildman–Crippen MR) is 81.2 cm³/mol. The first kappa shape index (κ1) is 14.8. The summed E-state index contributed by atoms with van der Waals surface area (Å²) in [7, 11) is 0. The zero-order valence-electron chi connectivity index (χ0n) is 10.8. The minimum Gasteiger partial charge on any atom is -0.478 e. The summed E-state index contributed by atoms with van der Waals surface area (Å²) in [6.45, 7) is 3.20. The number of carbonyl (C=O) groups is 1. The standard InChI is InChI=1S/C14H11BrClNO3/c1-7-5-12(18)17(8(2)13(7)14(19)20)11-4-3-9(15)6-10(11)16/h3-6H,1-2H3,(H,19,20). The average molecular weight is 357 g/mol. The molecule has 1 N–H and O–H groups in total. The zero-order chi connectivity index (χ0) is 15.0. The van der Waals surface area contributed by atoms with Crippen LogP contribution in [0.5, 0.6) is 0 Å². The number of rotatable bonds is 2. The highest BCUT2D eigenvalue weighted by Crippen LogP contribution is 2.25. The molecule has 0 aliphatic carbocycles. The van der Waals surface area contributed by atoms with E-state index in [1.165, 1.54) is 10.6 Å². The first-order valence-corrected chi connectivity index (χ1v) is 6.92. The summed E-state index contributed by atoms with van der Waals surface area (Å²) < 4.78 is 2.09. The maximum absolute atomic E-state index is 12.2. The van der Waals surface area contributed by atoms with Gasteiger partial charge in [-0.2, -0.15) is 0 Å². The molecule has 0 radical (unpaired) electrons. The second-order valence-electron chi connectivity index (χ2n) is 4.36. The molecule has 4 nitrogen and oxygen atoms in total. The molecule has 0 fully saturated rings. The second kappa shape index (κ2) is 5.42. The Morgan fingerprint density at radius 2 is 1.95 bits per heavy atom. The first-order chi connectivity index (χ1) is 9.32. The van der Waals surface area contributed by atoms with E-state index in [2.05, 4.69) is 15.9 Å². The zero-order valence-corrected chi connectivity index (χ0v) is 13.1. The smallest absolute Gasteiger partial charge is 0.337 e. The number of halogens is 2. The normalized spacial score (nSPS) is 10.6. The van der Waals surface area contributed by atoms with Crippen molar-refractivity contribution in [3.63, 3.8) is 0 Å². The van der Waals surface area contributed by atoms with Crippen LogP contribution < -0.4 is 5.56 Å². The molecule has 0 aliphatic heterocycles. The lowest BCUT2D eigenvalue weighted by molar-refractivity contribution is 0.0694. The Hall–Kier alpha value is -1.59. The van der Waals surface area contributed by atoms with Crippen molar-refractivity contribution in [3.8, 4) is 5.69 Å². The molecule has 1 aromatic heterocycles. The van der Waals surface area contributed by atoms with Crippen LogP contribution in [0.1, 0.15) is 21.6 Å². The molecule has 0 saturated heterocycles. The lowest BCUT2D eigenvalue weighted by Gasteiger charge is -2.15. The van der Waals surface area contributed by atoms with E-state index < -0.39 is 5.97 Å². The lowest BCUT2D eigenvalue weighted by atomic mass is 10.1. The van der Waals surface area contributed by atoms with E-state index in [0.29, 0.717) is 22.0 Å². The van der Waals surface area contributed by atoms with Gasteiger partial charge in [0.1, 0.15) is 0 Å². The highest BCUT2D eigenvalue weighted by molar-refractivity contribution is 9.10. The van der Waals surface area contributed by atoms with Crippen molar-refractivity contribution in [2.75, 3.05) is 0 Å². The van der Waals surface area contributed by atoms with Crippen LogP contribution in [-0.4, -0.2) is 15.6 Å². The molecule has 1 aromatic carbocycles. The van der Waals surface area contributed by atoms with Crippen LogP contribution in [0, 0.1) is 13.8 Å². The van der Waals surface area contributed by atoms with Crippen LogP contribution in [0.4, 0.5) is 0 Å². The van der Waals surface area contributed by atoms with Crippen molar-refractivity contribution in [1.29, 1.82) is 0 Å². The molecule has 0 saturated carbocycles. The number of pyridine rings is 1. The molecule has 0 aliphatic rings. The third kappa shape index (κ3) is 2.51. The molecule has 6 heteroatoms. The summed E-state index contributed by atoms with van der Waals surface area (Å²) in [5.74, 6) is -1.07. The van der Waals surface area contributed by atoms with E-state index >= 15 is 0 Å². The van der Waals surface area contributed by atoms with Crippen LogP contribution in [0.25, 0.3) is 5.69 Å². The molecule has 0 atom stereocenters. The number of aromatic nitrogens is 1. The Morgan fingerprint density at radius 3 is 2.50 bits per heavy atom. The highest BCUT2D eigenvalue weighted by Gasteiger charge is 2.18. The van der Waals surface area contributed by atoms with Crippen molar-refractivity contribution in [3.05, 3.63) is 60.9 Å². The summed E-state index contributed by atoms with van der Waals surface area (Å²) in [6, 6.07) is 6.37. The maximum Gasteiger partial charge on any atom is 0.337 e. The Bertz CT molecular complexity index is 768. The Kier molecular flexibility index (Phi) is 4.01. The molecular formula is C14H11BrClNO3. The van der Waals surface area contributed by atoms with Crippen LogP contribution in [0.15, 0.2) is 33.5 Å². The summed E-state index contributed by atoms with van der Waals surface area (Å²) >= 11 is 9.43. The quantitative estimate of drug-likeness (QED) is 0.895. The van der Waals surface area contributed by atoms with Gasteiger partial charge in [0, 0.05) is 16.2 Å². The van der Waals surface area contributed by atoms with Crippen molar-refractivity contribution in [2.24, 2.45) is 0 Å². The van der Waals surface area contributed by atoms with Gasteiger partial charge in [0.25, 0.3) is 5.56 Å². The van der Waals surface area contributed by atoms with Gasteiger partial charge in [-0.15, -0.1) is 0 Å². The Balaban J connectivity index is 2.84. The number of nitrogens with zero attached hydrogens (tertiary/aromatic N) is 1. The Labute approximate surface area is 128 Å². The average Bonchev–Trinajstić information content (AvgIpc) is 2.30. The SMILES string of the molecule is Cc1cc(=O)n(-c2ccc(Br)cc2Cl)c(C)c1C(=O)O. The van der Waals surface area contributed by atoms with Crippen molar-refractivity contribution >= 4 is 33.5 Å². The maximum atomic E-state index is 12.2. The van der Waals surface area contributed by atoms with Crippen LogP contribution in [-0.2, 0) is 0 Å². The van der Waals surface area contributed by atoms with E-state index in [-0.39, 0.29) is 11.1 Å². The molecule has 0 amide bonds. The summed E-state index contributed by atoms with van der Waals surface area (Å²) in [4.78, 5) is 23.5. The largest absolute Gasteiger partial charge is 0.478 e. The predicted octanol–water partition coefficient (Wildman–Crippen LogP) is 3.57. The summed E-state index contributed by atoms with van der Waals surface area (Å²) in [6.07, 6.45) is 0. The third-order valence-corrected chi connectivity index (χ3v) is 3.81. The van der Waals surface area contributed by atoms with Gasteiger partial charge in [-0.1, -0.05) is 27.5 Å². The number of aryl methyl sites for hydroxylation is 1. The second-order valence-corrected chi connectivity index (χ2v) is 5.69. The van der Waals surface area contributed by atoms with E-state index in [0.717, 1.165) is 4.47 Å². The number of aromatic carboxylic acids is 1. The fourth-order valence-corrected chi connectivity index (χ4v) is 2.93. The molecule has 104 valence electrons. The van der Waals surface area contributed by atoms with Gasteiger partial charge in [-0.3, -0.25) is 9.36 Å². The topological polar surface area (TPSA) is 59.3 Å². The molecule has 2 rings (SSSR count). The fraction of sp³-hybridized carbons (Fsp3) is 0.143. The molecule has 0 bridgehead atoms. The van der Waals surface area contributed by atoms with Crippen LogP contribution >= 0.6 is 27.5 Å². The van der Waals surface area contributed by atoms with Crippen LogP contribution in [0.3, 0.4) is 0 Å². The van der Waals surface area contributed by atoms with Crippen molar-refractivity contribution in [2.45, 2.75) is 13.8 Å². The molecule has 20 heavy (non-hydrogen) atoms. The van der Waals surface area contributed by atoms with Gasteiger partial charge < -0.3 is 5.11 Å².